The fraction of sp³-hybridized carbons (Fsp3) is 0.0500. The molecule has 0 radical (unpaired) electrons. The lowest BCUT2D eigenvalue weighted by Crippen LogP contribution is -2.19. The van der Waals surface area contributed by atoms with Crippen LogP contribution in [0.25, 0.3) is 0 Å². The lowest BCUT2D eigenvalue weighted by molar-refractivity contribution is 0.409. The molecule has 138 valence electrons. The molecule has 0 saturated carbocycles. The predicted octanol–water partition coefficient (Wildman–Crippen LogP) is 6.60. The monoisotopic (exact) mass is 418 g/mol. The van der Waals surface area contributed by atoms with Gasteiger partial charge in [0.25, 0.3) is 0 Å². The molecule has 2 N–H and O–H groups in total. The van der Waals surface area contributed by atoms with Gasteiger partial charge in [0.2, 0.25) is 0 Å². The second-order valence-electron chi connectivity index (χ2n) is 5.51. The maximum atomic E-state index is 6.13. The van der Waals surface area contributed by atoms with Gasteiger partial charge in [-0.05, 0) is 66.8 Å². The maximum absolute atomic E-state index is 6.13. The van der Waals surface area contributed by atoms with E-state index in [1.807, 2.05) is 30.3 Å². The van der Waals surface area contributed by atoms with E-state index in [-0.39, 0.29) is 0 Å². The highest BCUT2D eigenvalue weighted by atomic mass is 35.5. The van der Waals surface area contributed by atoms with Crippen molar-refractivity contribution in [3.8, 4) is 17.2 Å². The van der Waals surface area contributed by atoms with Crippen LogP contribution in [-0.2, 0) is 0 Å². The molecule has 3 rings (SSSR count). The van der Waals surface area contributed by atoms with E-state index >= 15 is 0 Å². The third-order valence-corrected chi connectivity index (χ3v) is 4.25. The Bertz CT molecular complexity index is 949. The van der Waals surface area contributed by atoms with Gasteiger partial charge in [0.15, 0.2) is 10.9 Å². The number of rotatable bonds is 5. The molecule has 0 heterocycles. The van der Waals surface area contributed by atoms with Crippen molar-refractivity contribution in [3.05, 3.63) is 76.8 Å². The van der Waals surface area contributed by atoms with Crippen molar-refractivity contribution in [2.24, 2.45) is 0 Å². The lowest BCUT2D eigenvalue weighted by atomic mass is 10.2. The first-order valence-electron chi connectivity index (χ1n) is 7.98. The van der Waals surface area contributed by atoms with Gasteiger partial charge in [0.1, 0.15) is 11.5 Å². The zero-order chi connectivity index (χ0) is 19.2. The molecular formula is C20H16Cl2N2O2S. The maximum Gasteiger partial charge on any atom is 0.175 e. The largest absolute Gasteiger partial charge is 0.497 e. The van der Waals surface area contributed by atoms with Gasteiger partial charge in [-0.1, -0.05) is 29.3 Å². The van der Waals surface area contributed by atoms with Crippen LogP contribution in [0.3, 0.4) is 0 Å². The molecule has 0 atom stereocenters. The van der Waals surface area contributed by atoms with Gasteiger partial charge in [0, 0.05) is 21.8 Å². The summed E-state index contributed by atoms with van der Waals surface area (Å²) in [4.78, 5) is 0. The normalized spacial score (nSPS) is 10.2. The Morgan fingerprint density at radius 2 is 1.56 bits per heavy atom. The van der Waals surface area contributed by atoms with E-state index in [1.165, 1.54) is 0 Å². The molecule has 0 amide bonds. The van der Waals surface area contributed by atoms with Crippen LogP contribution in [0.2, 0.25) is 10.0 Å². The number of hydrogen-bond acceptors (Lipinski definition) is 3. The summed E-state index contributed by atoms with van der Waals surface area (Å²) < 4.78 is 11.2. The number of hydrogen-bond donors (Lipinski definition) is 2. The van der Waals surface area contributed by atoms with Crippen LogP contribution in [0, 0.1) is 0 Å². The second kappa shape index (κ2) is 8.95. The van der Waals surface area contributed by atoms with Crippen molar-refractivity contribution >= 4 is 51.9 Å². The molecule has 0 aliphatic rings. The molecule has 0 aromatic heterocycles. The van der Waals surface area contributed by atoms with Crippen molar-refractivity contribution in [1.29, 1.82) is 0 Å². The van der Waals surface area contributed by atoms with Gasteiger partial charge < -0.3 is 20.1 Å². The van der Waals surface area contributed by atoms with E-state index in [9.17, 15) is 0 Å². The molecule has 3 aromatic rings. The number of anilines is 2. The number of nitrogens with one attached hydrogen (secondary N) is 2. The van der Waals surface area contributed by atoms with Gasteiger partial charge in [-0.15, -0.1) is 0 Å². The van der Waals surface area contributed by atoms with Crippen molar-refractivity contribution in [2.75, 3.05) is 17.7 Å². The number of ether oxygens (including phenoxy) is 2. The summed E-state index contributed by atoms with van der Waals surface area (Å²) in [5.41, 5.74) is 1.45. The molecule has 0 saturated heterocycles. The summed E-state index contributed by atoms with van der Waals surface area (Å²) in [6.07, 6.45) is 0. The summed E-state index contributed by atoms with van der Waals surface area (Å²) in [6.45, 7) is 0. The molecule has 0 aliphatic carbocycles. The zero-order valence-corrected chi connectivity index (χ0v) is 16.7. The molecule has 0 fully saturated rings. The van der Waals surface area contributed by atoms with Crippen molar-refractivity contribution in [3.63, 3.8) is 0 Å². The van der Waals surface area contributed by atoms with E-state index in [1.54, 1.807) is 43.5 Å². The number of methoxy groups -OCH3 is 1. The molecule has 27 heavy (non-hydrogen) atoms. The smallest absolute Gasteiger partial charge is 0.175 e. The minimum absolute atomic E-state index is 0.398. The summed E-state index contributed by atoms with van der Waals surface area (Å²) in [7, 11) is 1.61. The molecule has 0 bridgehead atoms. The quantitative estimate of drug-likeness (QED) is 0.456. The highest BCUT2D eigenvalue weighted by molar-refractivity contribution is 7.80. The van der Waals surface area contributed by atoms with Gasteiger partial charge in [-0.25, -0.2) is 0 Å². The Morgan fingerprint density at radius 3 is 2.30 bits per heavy atom. The van der Waals surface area contributed by atoms with Gasteiger partial charge in [-0.3, -0.25) is 0 Å². The molecule has 0 unspecified atom stereocenters. The van der Waals surface area contributed by atoms with Crippen LogP contribution in [0.1, 0.15) is 0 Å². The highest BCUT2D eigenvalue weighted by Crippen LogP contribution is 2.33. The summed E-state index contributed by atoms with van der Waals surface area (Å²) in [6, 6.07) is 19.8. The Labute approximate surface area is 173 Å². The first-order chi connectivity index (χ1) is 13.0. The molecule has 4 nitrogen and oxygen atoms in total. The zero-order valence-electron chi connectivity index (χ0n) is 14.3. The van der Waals surface area contributed by atoms with Gasteiger partial charge in [0.05, 0.1) is 12.8 Å². The van der Waals surface area contributed by atoms with Crippen LogP contribution in [0.5, 0.6) is 17.2 Å². The number of thiocarbonyl (C=S) groups is 1. The van der Waals surface area contributed by atoms with Gasteiger partial charge >= 0.3 is 0 Å². The molecule has 0 spiro atoms. The highest BCUT2D eigenvalue weighted by Gasteiger charge is 2.09. The average molecular weight is 419 g/mol. The average Bonchev–Trinajstić information content (AvgIpc) is 2.66. The molecular weight excluding hydrogens is 403 g/mol. The van der Waals surface area contributed by atoms with Crippen molar-refractivity contribution in [1.82, 2.24) is 0 Å². The summed E-state index contributed by atoms with van der Waals surface area (Å²) >= 11 is 17.4. The van der Waals surface area contributed by atoms with Crippen LogP contribution in [0.15, 0.2) is 66.7 Å². The first-order valence-corrected chi connectivity index (χ1v) is 9.15. The van der Waals surface area contributed by atoms with Crippen LogP contribution in [0.4, 0.5) is 11.4 Å². The molecule has 7 heteroatoms. The lowest BCUT2D eigenvalue weighted by Gasteiger charge is -2.15. The fourth-order valence-electron chi connectivity index (χ4n) is 2.30. The fourth-order valence-corrected chi connectivity index (χ4v) is 2.82. The predicted molar refractivity (Wildman–Crippen MR) is 116 cm³/mol. The van der Waals surface area contributed by atoms with E-state index in [0.717, 1.165) is 5.69 Å². The third-order valence-electron chi connectivity index (χ3n) is 3.56. The van der Waals surface area contributed by atoms with E-state index in [2.05, 4.69) is 10.6 Å². The van der Waals surface area contributed by atoms with E-state index < -0.39 is 0 Å². The first kappa shape index (κ1) is 19.3. The van der Waals surface area contributed by atoms with Crippen LogP contribution < -0.4 is 20.1 Å². The van der Waals surface area contributed by atoms with E-state index in [4.69, 9.17) is 44.9 Å². The summed E-state index contributed by atoms with van der Waals surface area (Å²) in [5.74, 6) is 1.92. The van der Waals surface area contributed by atoms with Crippen molar-refractivity contribution < 1.29 is 9.47 Å². The van der Waals surface area contributed by atoms with Gasteiger partial charge in [-0.2, -0.15) is 0 Å². The minimum Gasteiger partial charge on any atom is -0.497 e. The number of halogens is 2. The second-order valence-corrected chi connectivity index (χ2v) is 6.79. The number of benzene rings is 3. The van der Waals surface area contributed by atoms with Crippen LogP contribution in [-0.4, -0.2) is 12.2 Å². The molecule has 0 aliphatic heterocycles. The standard InChI is InChI=1S/C20H16Cl2N2O2S/c1-25-16-3-2-4-17(12-16)26-19-10-7-14(22)11-18(19)24-20(27)23-15-8-5-13(21)6-9-15/h2-12H,1H3,(H2,23,24,27). The Balaban J connectivity index is 1.77. The van der Waals surface area contributed by atoms with Crippen molar-refractivity contribution in [2.45, 2.75) is 0 Å². The minimum atomic E-state index is 0.398. The SMILES string of the molecule is COc1cccc(Oc2ccc(Cl)cc2NC(=S)Nc2ccc(Cl)cc2)c1. The Kier molecular flexibility index (Phi) is 6.40. The molecule has 3 aromatic carbocycles. The summed E-state index contributed by atoms with van der Waals surface area (Å²) in [5, 5.41) is 7.81. The Morgan fingerprint density at radius 1 is 0.852 bits per heavy atom. The Hall–Kier alpha value is -2.47. The third kappa shape index (κ3) is 5.50. The van der Waals surface area contributed by atoms with E-state index in [0.29, 0.717) is 38.1 Å². The van der Waals surface area contributed by atoms with Crippen LogP contribution >= 0.6 is 35.4 Å². The topological polar surface area (TPSA) is 42.5 Å².